The summed E-state index contributed by atoms with van der Waals surface area (Å²) in [4.78, 5) is 8.36. The van der Waals surface area contributed by atoms with Crippen LogP contribution in [0.3, 0.4) is 0 Å². The van der Waals surface area contributed by atoms with Crippen LogP contribution >= 0.6 is 0 Å². The first-order chi connectivity index (χ1) is 12.3. The van der Waals surface area contributed by atoms with Crippen molar-refractivity contribution in [3.05, 3.63) is 84.9 Å². The predicted octanol–water partition coefficient (Wildman–Crippen LogP) is 6.15. The van der Waals surface area contributed by atoms with E-state index in [-0.39, 0.29) is 11.2 Å². The highest BCUT2D eigenvalue weighted by molar-refractivity contribution is 6.15. The number of hydrogen-bond donors (Lipinski definition) is 1. The maximum absolute atomic E-state index is 8.36. The van der Waals surface area contributed by atoms with Crippen LogP contribution in [-0.2, 0) is 4.79 Å². The summed E-state index contributed by atoms with van der Waals surface area (Å²) in [6.45, 7) is -0.250. The van der Waals surface area contributed by atoms with Gasteiger partial charge in [0, 0.05) is 0 Å². The van der Waals surface area contributed by atoms with Crippen LogP contribution < -0.4 is 0 Å². The molecule has 0 aromatic heterocycles. The average Bonchev–Trinajstić information content (AvgIpc) is 2.65. The Morgan fingerprint density at radius 3 is 1.19 bits per heavy atom. The minimum atomic E-state index is -0.250. The first-order valence-electron chi connectivity index (χ1n) is 8.12. The molecule has 0 radical (unpaired) electrons. The molecular formula is C23H17FO2. The topological polar surface area (TPSA) is 37.3 Å². The van der Waals surface area contributed by atoms with E-state index in [1.54, 1.807) is 0 Å². The molecule has 0 aliphatic carbocycles. The zero-order chi connectivity index (χ0) is 17.2. The fourth-order valence-electron chi connectivity index (χ4n) is 3.44. The van der Waals surface area contributed by atoms with Crippen molar-refractivity contribution in [2.75, 3.05) is 0 Å². The Hall–Kier alpha value is -3.46. The van der Waals surface area contributed by atoms with Crippen LogP contribution in [0, 0.1) is 0 Å². The van der Waals surface area contributed by atoms with Gasteiger partial charge in [-0.1, -0.05) is 60.7 Å². The Morgan fingerprint density at radius 1 is 0.538 bits per heavy atom. The molecule has 0 saturated heterocycles. The molecule has 1 N–H and O–H groups in total. The van der Waals surface area contributed by atoms with Crippen molar-refractivity contribution in [1.82, 2.24) is 0 Å². The molecule has 0 bridgehead atoms. The van der Waals surface area contributed by atoms with Gasteiger partial charge in [-0.25, -0.2) is 0 Å². The molecule has 0 saturated carbocycles. The number of benzene rings is 5. The fraction of sp³-hybridized carbons (Fsp3) is 0. The van der Waals surface area contributed by atoms with E-state index in [0.29, 0.717) is 0 Å². The predicted molar refractivity (Wildman–Crippen MR) is 108 cm³/mol. The van der Waals surface area contributed by atoms with Gasteiger partial charge in [0.2, 0.25) is 0 Å². The van der Waals surface area contributed by atoms with Gasteiger partial charge in [0.25, 0.3) is 6.47 Å². The second-order valence-electron chi connectivity index (χ2n) is 6.01. The van der Waals surface area contributed by atoms with Crippen LogP contribution in [0.25, 0.3) is 43.1 Å². The molecule has 3 heteroatoms. The Labute approximate surface area is 149 Å². The number of hydrogen-bond acceptors (Lipinski definition) is 1. The molecule has 5 aromatic rings. The molecule has 0 atom stereocenters. The lowest BCUT2D eigenvalue weighted by molar-refractivity contribution is -0.122. The van der Waals surface area contributed by atoms with E-state index < -0.39 is 0 Å². The Morgan fingerprint density at radius 2 is 0.846 bits per heavy atom. The number of halogens is 1. The molecule has 2 nitrogen and oxygen atoms in total. The van der Waals surface area contributed by atoms with Crippen molar-refractivity contribution in [3.63, 3.8) is 0 Å². The van der Waals surface area contributed by atoms with Gasteiger partial charge in [0.05, 0.1) is 0 Å². The Kier molecular flexibility index (Phi) is 4.81. The summed E-state index contributed by atoms with van der Waals surface area (Å²) in [7, 11) is 0. The lowest BCUT2D eigenvalue weighted by Crippen LogP contribution is -1.81. The van der Waals surface area contributed by atoms with Gasteiger partial charge in [0.1, 0.15) is 0 Å². The maximum Gasteiger partial charge on any atom is 0.290 e. The third-order valence-corrected chi connectivity index (χ3v) is 4.57. The third kappa shape index (κ3) is 2.95. The Balaban J connectivity index is 0.000000461. The van der Waals surface area contributed by atoms with Crippen molar-refractivity contribution >= 4 is 49.6 Å². The molecule has 26 heavy (non-hydrogen) atoms. The van der Waals surface area contributed by atoms with Crippen LogP contribution in [0.15, 0.2) is 84.9 Å². The third-order valence-electron chi connectivity index (χ3n) is 4.57. The van der Waals surface area contributed by atoms with Crippen LogP contribution in [0.1, 0.15) is 0 Å². The van der Waals surface area contributed by atoms with E-state index in [1.165, 1.54) is 43.1 Å². The molecule has 0 spiro atoms. The van der Waals surface area contributed by atoms with Crippen molar-refractivity contribution < 1.29 is 14.6 Å². The zero-order valence-electron chi connectivity index (χ0n) is 13.9. The van der Waals surface area contributed by atoms with E-state index in [4.69, 9.17) is 9.90 Å². The second-order valence-corrected chi connectivity index (χ2v) is 6.01. The van der Waals surface area contributed by atoms with Crippen LogP contribution in [0.2, 0.25) is 0 Å². The van der Waals surface area contributed by atoms with Gasteiger partial charge in [-0.15, -0.1) is 0 Å². The molecule has 0 aliphatic rings. The average molecular weight is 344 g/mol. The molecule has 0 amide bonds. The first kappa shape index (κ1) is 17.4. The molecule has 128 valence electrons. The summed E-state index contributed by atoms with van der Waals surface area (Å²) in [6, 6.07) is 30.8. The minimum absolute atomic E-state index is 0. The largest absolute Gasteiger partial charge is 0.483 e. The molecule has 0 unspecified atom stereocenters. The van der Waals surface area contributed by atoms with Gasteiger partial charge in [0.15, 0.2) is 0 Å². The zero-order valence-corrected chi connectivity index (χ0v) is 13.9. The molecular weight excluding hydrogens is 327 g/mol. The van der Waals surface area contributed by atoms with Gasteiger partial charge in [-0.05, 0) is 67.4 Å². The van der Waals surface area contributed by atoms with Crippen LogP contribution in [0.4, 0.5) is 4.70 Å². The van der Waals surface area contributed by atoms with Crippen molar-refractivity contribution in [2.45, 2.75) is 0 Å². The summed E-state index contributed by atoms with van der Waals surface area (Å²) in [5.41, 5.74) is 0. The van der Waals surface area contributed by atoms with E-state index in [9.17, 15) is 0 Å². The first-order valence-corrected chi connectivity index (χ1v) is 8.12. The summed E-state index contributed by atoms with van der Waals surface area (Å²) in [5, 5.41) is 17.4. The summed E-state index contributed by atoms with van der Waals surface area (Å²) >= 11 is 0. The second kappa shape index (κ2) is 7.19. The lowest BCUT2D eigenvalue weighted by atomic mass is 9.96. The lowest BCUT2D eigenvalue weighted by Gasteiger charge is -2.08. The SMILES string of the molecule is F.O=CO.c1ccc2cc3c(ccc4cc5ccccc5cc43)cc2c1. The molecule has 0 heterocycles. The summed E-state index contributed by atoms with van der Waals surface area (Å²) in [6.07, 6.45) is 0. The molecule has 0 fully saturated rings. The van der Waals surface area contributed by atoms with Crippen molar-refractivity contribution in [1.29, 1.82) is 0 Å². The van der Waals surface area contributed by atoms with Crippen molar-refractivity contribution in [2.24, 2.45) is 0 Å². The van der Waals surface area contributed by atoms with Crippen LogP contribution in [0.5, 0.6) is 0 Å². The van der Waals surface area contributed by atoms with Crippen LogP contribution in [-0.4, -0.2) is 11.6 Å². The van der Waals surface area contributed by atoms with Gasteiger partial charge >= 0.3 is 0 Å². The minimum Gasteiger partial charge on any atom is -0.483 e. The highest BCUT2D eigenvalue weighted by atomic mass is 19.0. The number of fused-ring (bicyclic) bond motifs is 5. The van der Waals surface area contributed by atoms with E-state index >= 15 is 0 Å². The smallest absolute Gasteiger partial charge is 0.290 e. The molecule has 5 aromatic carbocycles. The number of carbonyl (C=O) groups is 1. The number of rotatable bonds is 0. The monoisotopic (exact) mass is 344 g/mol. The van der Waals surface area contributed by atoms with E-state index in [0.717, 1.165) is 0 Å². The molecule has 5 rings (SSSR count). The Bertz CT molecular complexity index is 1130. The normalized spacial score (nSPS) is 10.3. The molecule has 0 aliphatic heterocycles. The quantitative estimate of drug-likeness (QED) is 0.208. The fourth-order valence-corrected chi connectivity index (χ4v) is 3.44. The van der Waals surface area contributed by atoms with Crippen molar-refractivity contribution in [3.8, 4) is 0 Å². The van der Waals surface area contributed by atoms with Gasteiger partial charge in [-0.2, -0.15) is 0 Å². The summed E-state index contributed by atoms with van der Waals surface area (Å²) < 4.78 is 0. The maximum atomic E-state index is 8.36. The number of carboxylic acid groups (broad SMARTS) is 1. The standard InChI is InChI=1S/C22H14.CH2O2.FH/c1-3-7-17-13-21-19(11-15(17)5-1)9-10-20-12-16-6-2-4-8-18(16)14-22(20)21;2-1-3;/h1-14H;1H,(H,2,3);1H. The highest BCUT2D eigenvalue weighted by Gasteiger charge is 2.04. The van der Waals surface area contributed by atoms with E-state index in [2.05, 4.69) is 84.9 Å². The van der Waals surface area contributed by atoms with Gasteiger partial charge < -0.3 is 5.11 Å². The van der Waals surface area contributed by atoms with E-state index in [1.807, 2.05) is 0 Å². The van der Waals surface area contributed by atoms with Gasteiger partial charge in [-0.3, -0.25) is 9.50 Å². The summed E-state index contributed by atoms with van der Waals surface area (Å²) in [5.74, 6) is 0. The highest BCUT2D eigenvalue weighted by Crippen LogP contribution is 2.32.